The van der Waals surface area contributed by atoms with Gasteiger partial charge in [0.2, 0.25) is 0 Å². The van der Waals surface area contributed by atoms with E-state index in [1.807, 2.05) is 0 Å². The number of benzene rings is 1. The average molecular weight is 415 g/mol. The molecular formula is C28H40F2. The summed E-state index contributed by atoms with van der Waals surface area (Å²) in [4.78, 5) is 0. The molecule has 0 N–H and O–H groups in total. The molecule has 0 nitrogen and oxygen atoms in total. The lowest BCUT2D eigenvalue weighted by atomic mass is 9.63. The largest absolute Gasteiger partial charge is 0.207 e. The van der Waals surface area contributed by atoms with Crippen LogP contribution in [0.1, 0.15) is 107 Å². The van der Waals surface area contributed by atoms with Gasteiger partial charge in [0.15, 0.2) is 0 Å². The normalized spacial score (nSPS) is 31.5. The third-order valence-electron chi connectivity index (χ3n) is 8.56. The van der Waals surface area contributed by atoms with E-state index in [0.717, 1.165) is 67.9 Å². The third kappa shape index (κ3) is 4.68. The van der Waals surface area contributed by atoms with E-state index in [-0.39, 0.29) is 17.6 Å². The minimum atomic E-state index is -0.258. The van der Waals surface area contributed by atoms with Crippen molar-refractivity contribution < 1.29 is 8.78 Å². The second-order valence-corrected chi connectivity index (χ2v) is 10.5. The van der Waals surface area contributed by atoms with Gasteiger partial charge in [0.05, 0.1) is 0 Å². The lowest BCUT2D eigenvalue weighted by molar-refractivity contribution is 0.113. The van der Waals surface area contributed by atoms with E-state index >= 15 is 8.78 Å². The molecule has 5 unspecified atom stereocenters. The topological polar surface area (TPSA) is 0 Å². The van der Waals surface area contributed by atoms with E-state index in [1.54, 1.807) is 6.07 Å². The van der Waals surface area contributed by atoms with Crippen molar-refractivity contribution >= 4 is 0 Å². The first-order valence-electron chi connectivity index (χ1n) is 12.7. The van der Waals surface area contributed by atoms with Gasteiger partial charge < -0.3 is 0 Å². The molecule has 0 amide bonds. The van der Waals surface area contributed by atoms with Crippen molar-refractivity contribution in [2.24, 2.45) is 23.7 Å². The Hall–Kier alpha value is -1.18. The fourth-order valence-corrected chi connectivity index (χ4v) is 6.98. The number of hydrogen-bond donors (Lipinski definition) is 0. The summed E-state index contributed by atoms with van der Waals surface area (Å²) in [6.07, 6.45) is 19.0. The van der Waals surface area contributed by atoms with Gasteiger partial charge in [-0.25, -0.2) is 8.78 Å². The van der Waals surface area contributed by atoms with Crippen LogP contribution in [0.3, 0.4) is 0 Å². The Balaban J connectivity index is 1.44. The highest BCUT2D eigenvalue weighted by molar-refractivity contribution is 5.39. The summed E-state index contributed by atoms with van der Waals surface area (Å²) in [5.41, 5.74) is 2.23. The summed E-state index contributed by atoms with van der Waals surface area (Å²) in [6.45, 7) is 4.30. The molecule has 30 heavy (non-hydrogen) atoms. The molecule has 0 aromatic heterocycles. The molecule has 5 atom stereocenters. The van der Waals surface area contributed by atoms with E-state index in [2.05, 4.69) is 26.0 Å². The Bertz CT molecular complexity index is 749. The van der Waals surface area contributed by atoms with E-state index in [1.165, 1.54) is 38.5 Å². The van der Waals surface area contributed by atoms with Crippen molar-refractivity contribution in [3.05, 3.63) is 46.5 Å². The van der Waals surface area contributed by atoms with Crippen LogP contribution in [0, 0.1) is 35.3 Å². The summed E-state index contributed by atoms with van der Waals surface area (Å²) in [5, 5.41) is 0. The minimum absolute atomic E-state index is 0.0875. The van der Waals surface area contributed by atoms with Crippen LogP contribution in [0.15, 0.2) is 18.2 Å². The van der Waals surface area contributed by atoms with Crippen molar-refractivity contribution in [2.75, 3.05) is 0 Å². The van der Waals surface area contributed by atoms with Crippen molar-refractivity contribution in [3.8, 4) is 0 Å². The summed E-state index contributed by atoms with van der Waals surface area (Å²) < 4.78 is 30.7. The van der Waals surface area contributed by atoms with Crippen LogP contribution in [-0.2, 0) is 12.8 Å². The standard InChI is InChI=1S/C28H40F2/c1-3-5-6-8-20-9-11-22-17-23(13-12-21(22)15-20)27-26(29)18-24-16-19(7-4-2)10-14-25(24)28(27)30/h3,5,18-23H,4,6-17H2,1-2H3/b5-3+. The zero-order valence-electron chi connectivity index (χ0n) is 19.1. The summed E-state index contributed by atoms with van der Waals surface area (Å²) in [5.74, 6) is 2.56. The van der Waals surface area contributed by atoms with Gasteiger partial charge in [-0.15, -0.1) is 0 Å². The van der Waals surface area contributed by atoms with Crippen LogP contribution in [0.4, 0.5) is 8.78 Å². The molecule has 2 heteroatoms. The highest BCUT2D eigenvalue weighted by atomic mass is 19.1. The molecule has 0 bridgehead atoms. The molecule has 0 saturated heterocycles. The van der Waals surface area contributed by atoms with Crippen LogP contribution < -0.4 is 0 Å². The number of allylic oxidation sites excluding steroid dienone is 2. The number of hydrogen-bond acceptors (Lipinski definition) is 0. The molecule has 0 aliphatic heterocycles. The zero-order valence-corrected chi connectivity index (χ0v) is 19.1. The van der Waals surface area contributed by atoms with Crippen LogP contribution in [0.5, 0.6) is 0 Å². The van der Waals surface area contributed by atoms with Gasteiger partial charge in [-0.1, -0.05) is 38.3 Å². The second-order valence-electron chi connectivity index (χ2n) is 10.5. The molecule has 1 aromatic rings. The summed E-state index contributed by atoms with van der Waals surface area (Å²) >= 11 is 0. The molecule has 3 aliphatic carbocycles. The van der Waals surface area contributed by atoms with Crippen LogP contribution in [0.2, 0.25) is 0 Å². The molecule has 0 radical (unpaired) electrons. The van der Waals surface area contributed by atoms with Gasteiger partial charge in [-0.2, -0.15) is 0 Å². The lowest BCUT2D eigenvalue weighted by Gasteiger charge is -2.42. The molecular weight excluding hydrogens is 374 g/mol. The van der Waals surface area contributed by atoms with Gasteiger partial charge in [0.25, 0.3) is 0 Å². The smallest absolute Gasteiger partial charge is 0.133 e. The Labute approximate surface area is 182 Å². The van der Waals surface area contributed by atoms with Gasteiger partial charge in [0.1, 0.15) is 11.6 Å². The maximum Gasteiger partial charge on any atom is 0.133 e. The van der Waals surface area contributed by atoms with Crippen LogP contribution >= 0.6 is 0 Å². The molecule has 166 valence electrons. The Morgan fingerprint density at radius 3 is 2.57 bits per heavy atom. The van der Waals surface area contributed by atoms with Gasteiger partial charge in [-0.3, -0.25) is 0 Å². The molecule has 2 fully saturated rings. The van der Waals surface area contributed by atoms with Crippen molar-refractivity contribution in [3.63, 3.8) is 0 Å². The third-order valence-corrected chi connectivity index (χ3v) is 8.56. The summed E-state index contributed by atoms with van der Waals surface area (Å²) in [7, 11) is 0. The van der Waals surface area contributed by atoms with Gasteiger partial charge in [-0.05, 0) is 118 Å². The van der Waals surface area contributed by atoms with Crippen LogP contribution in [0.25, 0.3) is 0 Å². The molecule has 1 aromatic carbocycles. The number of halogens is 2. The second kappa shape index (κ2) is 9.96. The fraction of sp³-hybridized carbons (Fsp3) is 0.714. The number of fused-ring (bicyclic) bond motifs is 2. The maximum atomic E-state index is 15.5. The molecule has 2 saturated carbocycles. The maximum absolute atomic E-state index is 15.5. The van der Waals surface area contributed by atoms with Crippen molar-refractivity contribution in [1.29, 1.82) is 0 Å². The Morgan fingerprint density at radius 2 is 1.77 bits per heavy atom. The quantitative estimate of drug-likeness (QED) is 0.409. The monoisotopic (exact) mass is 414 g/mol. The van der Waals surface area contributed by atoms with Gasteiger partial charge >= 0.3 is 0 Å². The van der Waals surface area contributed by atoms with E-state index < -0.39 is 0 Å². The fourth-order valence-electron chi connectivity index (χ4n) is 6.98. The Kier molecular flexibility index (Phi) is 7.32. The minimum Gasteiger partial charge on any atom is -0.207 e. The highest BCUT2D eigenvalue weighted by Crippen LogP contribution is 2.49. The number of rotatable bonds is 6. The molecule has 0 heterocycles. The summed E-state index contributed by atoms with van der Waals surface area (Å²) in [6, 6.07) is 1.71. The predicted molar refractivity (Wildman–Crippen MR) is 122 cm³/mol. The predicted octanol–water partition coefficient (Wildman–Crippen LogP) is 8.53. The van der Waals surface area contributed by atoms with Gasteiger partial charge in [0, 0.05) is 5.56 Å². The van der Waals surface area contributed by atoms with E-state index in [0.29, 0.717) is 17.4 Å². The van der Waals surface area contributed by atoms with E-state index in [4.69, 9.17) is 0 Å². The molecule has 3 aliphatic rings. The highest BCUT2D eigenvalue weighted by Gasteiger charge is 2.38. The first kappa shape index (κ1) is 22.0. The first-order valence-corrected chi connectivity index (χ1v) is 12.7. The van der Waals surface area contributed by atoms with Crippen LogP contribution in [-0.4, -0.2) is 0 Å². The molecule has 0 spiro atoms. The van der Waals surface area contributed by atoms with Crippen molar-refractivity contribution in [2.45, 2.75) is 103 Å². The zero-order chi connectivity index (χ0) is 21.1. The average Bonchev–Trinajstić information content (AvgIpc) is 2.74. The lowest BCUT2D eigenvalue weighted by Crippen LogP contribution is -2.31. The molecule has 4 rings (SSSR count). The van der Waals surface area contributed by atoms with E-state index in [9.17, 15) is 0 Å². The SMILES string of the molecule is C/C=C/CCC1CCC2CC(c3c(F)cc4c(c3F)CCC(CCC)C4)CCC2C1. The van der Waals surface area contributed by atoms with Crippen molar-refractivity contribution in [1.82, 2.24) is 0 Å². The first-order chi connectivity index (χ1) is 14.6. The Morgan fingerprint density at radius 1 is 0.967 bits per heavy atom.